The number of aromatic amines is 1. The molecule has 0 fully saturated rings. The molecule has 0 radical (unpaired) electrons. The molecule has 0 atom stereocenters. The number of likely N-dealkylation sites (N-methyl/N-ethyl adjacent to an activating group) is 1. The third kappa shape index (κ3) is 5.27. The van der Waals surface area contributed by atoms with Crippen molar-refractivity contribution in [3.8, 4) is 0 Å². The third-order valence-electron chi connectivity index (χ3n) is 4.70. The van der Waals surface area contributed by atoms with Crippen molar-refractivity contribution in [2.75, 3.05) is 20.1 Å². The fourth-order valence-electron chi connectivity index (χ4n) is 3.37. The summed E-state index contributed by atoms with van der Waals surface area (Å²) in [5.74, 6) is -0.784. The SMILES string of the molecule is Cc1[nH]c2ccccc2c1C(=O)CN(C)Cc1ccc(C(=O)NCC(F)(F)F)cc1. The van der Waals surface area contributed by atoms with Gasteiger partial charge in [-0.1, -0.05) is 30.3 Å². The van der Waals surface area contributed by atoms with Crippen LogP contribution in [-0.4, -0.2) is 47.9 Å². The Bertz CT molecular complexity index is 1060. The van der Waals surface area contributed by atoms with Crippen molar-refractivity contribution in [2.24, 2.45) is 0 Å². The lowest BCUT2D eigenvalue weighted by molar-refractivity contribution is -0.123. The molecule has 0 spiro atoms. The van der Waals surface area contributed by atoms with E-state index in [9.17, 15) is 22.8 Å². The molecule has 158 valence electrons. The van der Waals surface area contributed by atoms with Crippen molar-refractivity contribution in [3.63, 3.8) is 0 Å². The summed E-state index contributed by atoms with van der Waals surface area (Å²) in [6.07, 6.45) is -4.45. The van der Waals surface area contributed by atoms with Crippen LogP contribution in [0.5, 0.6) is 0 Å². The lowest BCUT2D eigenvalue weighted by Gasteiger charge is -2.16. The van der Waals surface area contributed by atoms with Gasteiger partial charge in [-0.05, 0) is 37.7 Å². The number of carbonyl (C=O) groups is 2. The van der Waals surface area contributed by atoms with Gasteiger partial charge in [0.05, 0.1) is 6.54 Å². The summed E-state index contributed by atoms with van der Waals surface area (Å²) in [7, 11) is 1.81. The number of hydrogen-bond donors (Lipinski definition) is 2. The summed E-state index contributed by atoms with van der Waals surface area (Å²) in [5, 5.41) is 2.73. The molecule has 0 aliphatic carbocycles. The number of ketones is 1. The molecule has 5 nitrogen and oxygen atoms in total. The Balaban J connectivity index is 1.60. The van der Waals surface area contributed by atoms with E-state index in [0.717, 1.165) is 22.2 Å². The van der Waals surface area contributed by atoms with Gasteiger partial charge in [0.25, 0.3) is 5.91 Å². The Morgan fingerprint density at radius 1 is 1.07 bits per heavy atom. The Morgan fingerprint density at radius 3 is 2.40 bits per heavy atom. The van der Waals surface area contributed by atoms with Crippen molar-refractivity contribution in [1.29, 1.82) is 0 Å². The number of nitrogens with one attached hydrogen (secondary N) is 2. The molecule has 3 aromatic rings. The van der Waals surface area contributed by atoms with Gasteiger partial charge < -0.3 is 10.3 Å². The molecular weight excluding hydrogens is 395 g/mol. The second-order valence-corrected chi connectivity index (χ2v) is 7.26. The summed E-state index contributed by atoms with van der Waals surface area (Å²) < 4.78 is 36.6. The first-order valence-corrected chi connectivity index (χ1v) is 9.37. The van der Waals surface area contributed by atoms with E-state index < -0.39 is 18.6 Å². The maximum Gasteiger partial charge on any atom is 0.405 e. The van der Waals surface area contributed by atoms with E-state index in [4.69, 9.17) is 0 Å². The number of Topliss-reactive ketones (excluding diaryl/α,β-unsaturated/α-hetero) is 1. The first-order chi connectivity index (χ1) is 14.1. The van der Waals surface area contributed by atoms with Crippen LogP contribution < -0.4 is 5.32 Å². The molecule has 1 aromatic heterocycles. The highest BCUT2D eigenvalue weighted by Gasteiger charge is 2.27. The fraction of sp³-hybridized carbons (Fsp3) is 0.273. The van der Waals surface area contributed by atoms with Crippen LogP contribution in [0.4, 0.5) is 13.2 Å². The van der Waals surface area contributed by atoms with Crippen molar-refractivity contribution in [2.45, 2.75) is 19.6 Å². The summed E-state index contributed by atoms with van der Waals surface area (Å²) in [5.41, 5.74) is 3.41. The number of aromatic nitrogens is 1. The average Bonchev–Trinajstić information content (AvgIpc) is 3.01. The van der Waals surface area contributed by atoms with Gasteiger partial charge in [0.15, 0.2) is 5.78 Å². The number of benzene rings is 2. The van der Waals surface area contributed by atoms with Crippen molar-refractivity contribution in [3.05, 3.63) is 70.9 Å². The van der Waals surface area contributed by atoms with Gasteiger partial charge in [0.1, 0.15) is 6.54 Å². The number of nitrogens with zero attached hydrogens (tertiary/aromatic N) is 1. The molecule has 0 saturated heterocycles. The smallest absolute Gasteiger partial charge is 0.358 e. The molecule has 0 bridgehead atoms. The summed E-state index contributed by atoms with van der Waals surface area (Å²) in [6.45, 7) is 1.16. The number of amides is 1. The van der Waals surface area contributed by atoms with Crippen LogP contribution in [0, 0.1) is 6.92 Å². The van der Waals surface area contributed by atoms with E-state index >= 15 is 0 Å². The first kappa shape index (κ1) is 21.6. The standard InChI is InChI=1S/C22H22F3N3O2/c1-14-20(17-5-3-4-6-18(17)27-14)19(29)12-28(2)11-15-7-9-16(10-8-15)21(30)26-13-22(23,24)25/h3-10,27H,11-13H2,1-2H3,(H,26,30). The van der Waals surface area contributed by atoms with Crippen LogP contribution in [0.15, 0.2) is 48.5 Å². The average molecular weight is 417 g/mol. The van der Waals surface area contributed by atoms with Crippen LogP contribution in [-0.2, 0) is 6.54 Å². The zero-order valence-electron chi connectivity index (χ0n) is 16.6. The van der Waals surface area contributed by atoms with Gasteiger partial charge in [-0.2, -0.15) is 13.2 Å². The lowest BCUT2D eigenvalue weighted by atomic mass is 10.1. The molecule has 0 aliphatic heterocycles. The molecule has 2 N–H and O–H groups in total. The largest absolute Gasteiger partial charge is 0.405 e. The molecule has 0 unspecified atom stereocenters. The van der Waals surface area contributed by atoms with Gasteiger partial charge in [0, 0.05) is 34.3 Å². The second-order valence-electron chi connectivity index (χ2n) is 7.26. The number of aryl methyl sites for hydroxylation is 1. The molecule has 8 heteroatoms. The van der Waals surface area contributed by atoms with Gasteiger partial charge in [-0.25, -0.2) is 0 Å². The Morgan fingerprint density at radius 2 is 1.73 bits per heavy atom. The molecule has 0 aliphatic rings. The Labute approximate surface area is 171 Å². The van der Waals surface area contributed by atoms with E-state index in [1.807, 2.05) is 48.5 Å². The van der Waals surface area contributed by atoms with Gasteiger partial charge in [-0.3, -0.25) is 14.5 Å². The van der Waals surface area contributed by atoms with Gasteiger partial charge in [0.2, 0.25) is 0 Å². The summed E-state index contributed by atoms with van der Waals surface area (Å²) >= 11 is 0. The minimum Gasteiger partial charge on any atom is -0.358 e. The Hall–Kier alpha value is -3.13. The van der Waals surface area contributed by atoms with Crippen LogP contribution >= 0.6 is 0 Å². The maximum atomic E-state index is 12.8. The number of para-hydroxylation sites is 1. The second kappa shape index (κ2) is 8.71. The maximum absolute atomic E-state index is 12.8. The number of fused-ring (bicyclic) bond motifs is 1. The van der Waals surface area contributed by atoms with Crippen molar-refractivity contribution < 1.29 is 22.8 Å². The topological polar surface area (TPSA) is 65.2 Å². The predicted molar refractivity (Wildman–Crippen MR) is 109 cm³/mol. The van der Waals surface area contributed by atoms with Gasteiger partial charge >= 0.3 is 6.18 Å². The fourth-order valence-corrected chi connectivity index (χ4v) is 3.37. The van der Waals surface area contributed by atoms with E-state index in [1.54, 1.807) is 12.1 Å². The van der Waals surface area contributed by atoms with Crippen LogP contribution in [0.25, 0.3) is 10.9 Å². The van der Waals surface area contributed by atoms with Crippen LogP contribution in [0.3, 0.4) is 0 Å². The minimum atomic E-state index is -4.45. The molecule has 30 heavy (non-hydrogen) atoms. The lowest BCUT2D eigenvalue weighted by Crippen LogP contribution is -2.33. The summed E-state index contributed by atoms with van der Waals surface area (Å²) in [4.78, 5) is 29.7. The highest BCUT2D eigenvalue weighted by Crippen LogP contribution is 2.22. The quantitative estimate of drug-likeness (QED) is 0.570. The molecule has 1 amide bonds. The van der Waals surface area contributed by atoms with E-state index in [-0.39, 0.29) is 17.9 Å². The van der Waals surface area contributed by atoms with Crippen molar-refractivity contribution in [1.82, 2.24) is 15.2 Å². The van der Waals surface area contributed by atoms with E-state index in [0.29, 0.717) is 12.1 Å². The first-order valence-electron chi connectivity index (χ1n) is 9.37. The van der Waals surface area contributed by atoms with E-state index in [2.05, 4.69) is 4.98 Å². The molecule has 3 rings (SSSR count). The Kier molecular flexibility index (Phi) is 6.26. The predicted octanol–water partition coefficient (Wildman–Crippen LogP) is 4.08. The zero-order valence-corrected chi connectivity index (χ0v) is 16.6. The number of halogens is 3. The molecule has 0 saturated carbocycles. The third-order valence-corrected chi connectivity index (χ3v) is 4.70. The van der Waals surface area contributed by atoms with Crippen LogP contribution in [0.2, 0.25) is 0 Å². The number of rotatable bonds is 7. The number of H-pyrrole nitrogens is 1. The minimum absolute atomic E-state index is 0.00408. The monoisotopic (exact) mass is 417 g/mol. The molecule has 1 heterocycles. The molecule has 2 aromatic carbocycles. The van der Waals surface area contributed by atoms with Crippen LogP contribution in [0.1, 0.15) is 32.0 Å². The van der Waals surface area contributed by atoms with Crippen molar-refractivity contribution >= 4 is 22.6 Å². The zero-order chi connectivity index (χ0) is 21.9. The highest BCUT2D eigenvalue weighted by molar-refractivity contribution is 6.10. The number of alkyl halides is 3. The normalized spacial score (nSPS) is 11.8. The highest BCUT2D eigenvalue weighted by atomic mass is 19.4. The van der Waals surface area contributed by atoms with Gasteiger partial charge in [-0.15, -0.1) is 0 Å². The summed E-state index contributed by atoms with van der Waals surface area (Å²) in [6, 6.07) is 13.9. The molecular formula is C22H22F3N3O2. The number of hydrogen-bond acceptors (Lipinski definition) is 3. The van der Waals surface area contributed by atoms with E-state index in [1.165, 1.54) is 12.1 Å². The number of carbonyl (C=O) groups excluding carboxylic acids is 2.